The second-order valence-corrected chi connectivity index (χ2v) is 4.29. The first-order chi connectivity index (χ1) is 8.88. The first-order valence-corrected chi connectivity index (χ1v) is 5.72. The maximum Gasteiger partial charge on any atom is 0.487 e. The summed E-state index contributed by atoms with van der Waals surface area (Å²) < 4.78 is 5.08. The molecule has 1 fully saturated rings. The third-order valence-electron chi connectivity index (χ3n) is 2.88. The Hall–Kier alpha value is -1.81. The molecule has 0 aromatic heterocycles. The lowest BCUT2D eigenvalue weighted by Gasteiger charge is -2.29. The van der Waals surface area contributed by atoms with Crippen LogP contribution in [0.5, 0.6) is 0 Å². The molecule has 1 amide bonds. The zero-order chi connectivity index (χ0) is 14.5. The molecule has 1 rings (SSSR count). The molecule has 10 nitrogen and oxygen atoms in total. The Bertz CT molecular complexity index is 354. The van der Waals surface area contributed by atoms with Crippen LogP contribution in [0.4, 0.5) is 0 Å². The summed E-state index contributed by atoms with van der Waals surface area (Å²) >= 11 is 0. The van der Waals surface area contributed by atoms with Crippen LogP contribution in [0.3, 0.4) is 0 Å². The summed E-state index contributed by atoms with van der Waals surface area (Å²) in [6, 6.07) is 0. The highest BCUT2D eigenvalue weighted by Gasteiger charge is 2.57. The van der Waals surface area contributed by atoms with Gasteiger partial charge in [0, 0.05) is 20.0 Å². The Morgan fingerprint density at radius 2 is 1.84 bits per heavy atom. The largest absolute Gasteiger partial charge is 0.487 e. The average molecular weight is 276 g/mol. The van der Waals surface area contributed by atoms with E-state index in [0.717, 1.165) is 6.92 Å². The topological polar surface area (TPSA) is 128 Å². The molecular formula is C9H16N4O6. The molecule has 0 saturated carbocycles. The molecule has 0 unspecified atom stereocenters. The van der Waals surface area contributed by atoms with E-state index in [9.17, 15) is 25.0 Å². The molecule has 0 aromatic carbocycles. The lowest BCUT2D eigenvalue weighted by atomic mass is 10.1. The molecule has 0 aliphatic carbocycles. The SMILES string of the molecule is CC(=O)NCC(CN1CCOCC1)([N+](=O)[O-])[N+](=O)[O-]. The van der Waals surface area contributed by atoms with Gasteiger partial charge in [-0.3, -0.25) is 29.9 Å². The minimum Gasteiger partial charge on any atom is -0.379 e. The quantitative estimate of drug-likeness (QED) is 0.363. The van der Waals surface area contributed by atoms with Gasteiger partial charge in [0.25, 0.3) is 0 Å². The number of hydrogen-bond donors (Lipinski definition) is 1. The normalized spacial score (nSPS) is 16.9. The standard InChI is InChI=1S/C9H16N4O6/c1-8(14)10-6-9(12(15)16,13(17)18)7-11-2-4-19-5-3-11/h2-7H2,1H3,(H,10,14). The average Bonchev–Trinajstić information content (AvgIpc) is 2.34. The molecule has 0 atom stereocenters. The number of hydrogen-bond acceptors (Lipinski definition) is 7. The van der Waals surface area contributed by atoms with Crippen molar-refractivity contribution in [2.75, 3.05) is 39.4 Å². The number of nitro groups is 2. The molecule has 1 heterocycles. The zero-order valence-corrected chi connectivity index (χ0v) is 10.5. The van der Waals surface area contributed by atoms with E-state index in [-0.39, 0.29) is 6.54 Å². The number of carbonyl (C=O) groups is 1. The number of carbonyl (C=O) groups excluding carboxylic acids is 1. The highest BCUT2D eigenvalue weighted by atomic mass is 16.7. The smallest absolute Gasteiger partial charge is 0.379 e. The van der Waals surface area contributed by atoms with E-state index >= 15 is 0 Å². The monoisotopic (exact) mass is 276 g/mol. The van der Waals surface area contributed by atoms with E-state index in [0.29, 0.717) is 26.3 Å². The van der Waals surface area contributed by atoms with Crippen LogP contribution in [0.1, 0.15) is 6.92 Å². The summed E-state index contributed by atoms with van der Waals surface area (Å²) in [7, 11) is 0. The molecular weight excluding hydrogens is 260 g/mol. The minimum atomic E-state index is -2.43. The van der Waals surface area contributed by atoms with Gasteiger partial charge in [-0.2, -0.15) is 0 Å². The fourth-order valence-corrected chi connectivity index (χ4v) is 1.75. The van der Waals surface area contributed by atoms with Crippen molar-refractivity contribution in [3.8, 4) is 0 Å². The molecule has 0 radical (unpaired) electrons. The van der Waals surface area contributed by atoms with Crippen LogP contribution in [0.25, 0.3) is 0 Å². The summed E-state index contributed by atoms with van der Waals surface area (Å²) in [5.74, 6) is -0.546. The van der Waals surface area contributed by atoms with Crippen LogP contribution in [0.2, 0.25) is 0 Å². The summed E-state index contributed by atoms with van der Waals surface area (Å²) in [4.78, 5) is 32.7. The van der Waals surface area contributed by atoms with Crippen molar-refractivity contribution >= 4 is 5.91 Å². The van der Waals surface area contributed by atoms with Gasteiger partial charge < -0.3 is 10.1 Å². The predicted octanol–water partition coefficient (Wildman–Crippen LogP) is -1.30. The molecule has 0 aromatic rings. The summed E-state index contributed by atoms with van der Waals surface area (Å²) in [6.07, 6.45) is 0. The molecule has 10 heteroatoms. The van der Waals surface area contributed by atoms with Crippen molar-refractivity contribution in [1.29, 1.82) is 0 Å². The zero-order valence-electron chi connectivity index (χ0n) is 10.5. The number of nitrogens with zero attached hydrogens (tertiary/aromatic N) is 3. The third-order valence-corrected chi connectivity index (χ3v) is 2.88. The van der Waals surface area contributed by atoms with Gasteiger partial charge in [0.15, 0.2) is 6.54 Å². The van der Waals surface area contributed by atoms with Crippen molar-refractivity contribution < 1.29 is 19.4 Å². The van der Waals surface area contributed by atoms with Gasteiger partial charge >= 0.3 is 5.66 Å². The van der Waals surface area contributed by atoms with Crippen molar-refractivity contribution in [1.82, 2.24) is 10.2 Å². The predicted molar refractivity (Wildman–Crippen MR) is 62.7 cm³/mol. The van der Waals surface area contributed by atoms with Gasteiger partial charge in [-0.1, -0.05) is 0 Å². The molecule has 1 aliphatic heterocycles. The Morgan fingerprint density at radius 3 is 2.26 bits per heavy atom. The van der Waals surface area contributed by atoms with E-state index in [2.05, 4.69) is 5.32 Å². The Kier molecular flexibility index (Phi) is 5.12. The highest BCUT2D eigenvalue weighted by molar-refractivity contribution is 5.72. The van der Waals surface area contributed by atoms with E-state index in [1.807, 2.05) is 0 Å². The van der Waals surface area contributed by atoms with E-state index in [1.165, 1.54) is 0 Å². The second kappa shape index (κ2) is 6.38. The van der Waals surface area contributed by atoms with Gasteiger partial charge in [0.2, 0.25) is 5.91 Å². The fraction of sp³-hybridized carbons (Fsp3) is 0.889. The van der Waals surface area contributed by atoms with Crippen LogP contribution in [0, 0.1) is 20.2 Å². The molecule has 0 bridgehead atoms. The van der Waals surface area contributed by atoms with Crippen molar-refractivity contribution in [2.24, 2.45) is 0 Å². The Balaban J connectivity index is 2.84. The van der Waals surface area contributed by atoms with Crippen LogP contribution in [0.15, 0.2) is 0 Å². The number of rotatable bonds is 6. The fourth-order valence-electron chi connectivity index (χ4n) is 1.75. The van der Waals surface area contributed by atoms with Gasteiger partial charge in [-0.05, 0) is 0 Å². The van der Waals surface area contributed by atoms with E-state index in [4.69, 9.17) is 4.74 Å². The van der Waals surface area contributed by atoms with Crippen LogP contribution < -0.4 is 5.32 Å². The van der Waals surface area contributed by atoms with Crippen molar-refractivity contribution in [3.63, 3.8) is 0 Å². The maximum atomic E-state index is 11.1. The first kappa shape index (κ1) is 15.2. The van der Waals surface area contributed by atoms with Crippen molar-refractivity contribution in [3.05, 3.63) is 20.2 Å². The van der Waals surface area contributed by atoms with E-state index < -0.39 is 28.0 Å². The van der Waals surface area contributed by atoms with Crippen molar-refractivity contribution in [2.45, 2.75) is 12.6 Å². The Labute approximate surface area is 109 Å². The Morgan fingerprint density at radius 1 is 1.32 bits per heavy atom. The molecule has 1 saturated heterocycles. The molecule has 108 valence electrons. The summed E-state index contributed by atoms with van der Waals surface area (Å²) in [6.45, 7) is 1.69. The van der Waals surface area contributed by atoms with Gasteiger partial charge in [0.1, 0.15) is 16.4 Å². The molecule has 1 N–H and O–H groups in total. The lowest BCUT2D eigenvalue weighted by molar-refractivity contribution is -0.793. The number of amides is 1. The van der Waals surface area contributed by atoms with Crippen LogP contribution in [-0.2, 0) is 9.53 Å². The molecule has 0 spiro atoms. The van der Waals surface area contributed by atoms with Gasteiger partial charge in [0.05, 0.1) is 13.2 Å². The molecule has 1 aliphatic rings. The minimum absolute atomic E-state index is 0.364. The van der Waals surface area contributed by atoms with Crippen LogP contribution in [-0.4, -0.2) is 65.7 Å². The van der Waals surface area contributed by atoms with Gasteiger partial charge in [-0.25, -0.2) is 0 Å². The third kappa shape index (κ3) is 3.83. The van der Waals surface area contributed by atoms with E-state index in [1.54, 1.807) is 4.90 Å². The number of morpholine rings is 1. The molecule has 19 heavy (non-hydrogen) atoms. The summed E-state index contributed by atoms with van der Waals surface area (Å²) in [5, 5.41) is 24.4. The maximum absolute atomic E-state index is 11.1. The number of nitrogens with one attached hydrogen (secondary N) is 1. The first-order valence-electron chi connectivity index (χ1n) is 5.72. The van der Waals surface area contributed by atoms with Crippen LogP contribution >= 0.6 is 0 Å². The summed E-state index contributed by atoms with van der Waals surface area (Å²) in [5.41, 5.74) is -2.43. The second-order valence-electron chi connectivity index (χ2n) is 4.29. The lowest BCUT2D eigenvalue weighted by Crippen LogP contribution is -2.61. The van der Waals surface area contributed by atoms with Gasteiger partial charge in [-0.15, -0.1) is 0 Å². The highest BCUT2D eigenvalue weighted by Crippen LogP contribution is 2.14. The number of ether oxygens (including phenoxy) is 1.